The van der Waals surface area contributed by atoms with Crippen LogP contribution in [-0.4, -0.2) is 23.6 Å². The first kappa shape index (κ1) is 12.8. The second-order valence-electron chi connectivity index (χ2n) is 4.11. The fourth-order valence-corrected chi connectivity index (χ4v) is 1.85. The first-order valence-electron chi connectivity index (χ1n) is 5.92. The highest BCUT2D eigenvalue weighted by Crippen LogP contribution is 2.11. The van der Waals surface area contributed by atoms with E-state index in [9.17, 15) is 0 Å². The summed E-state index contributed by atoms with van der Waals surface area (Å²) in [5.41, 5.74) is 2.00. The van der Waals surface area contributed by atoms with Crippen LogP contribution in [0.15, 0.2) is 42.6 Å². The van der Waals surface area contributed by atoms with Crippen LogP contribution in [0.4, 0.5) is 5.82 Å². The van der Waals surface area contributed by atoms with E-state index in [0.717, 1.165) is 30.2 Å². The monoisotopic (exact) mass is 261 g/mol. The number of nitrogens with zero attached hydrogens (tertiary/aromatic N) is 3. The van der Waals surface area contributed by atoms with Crippen molar-refractivity contribution in [3.8, 4) is 0 Å². The zero-order chi connectivity index (χ0) is 12.8. The lowest BCUT2D eigenvalue weighted by Gasteiger charge is -2.18. The maximum absolute atomic E-state index is 5.79. The Morgan fingerprint density at radius 1 is 1.11 bits per heavy atom. The third kappa shape index (κ3) is 3.44. The fourth-order valence-electron chi connectivity index (χ4n) is 1.70. The number of pyridine rings is 2. The van der Waals surface area contributed by atoms with Gasteiger partial charge in [0.1, 0.15) is 5.82 Å². The second kappa shape index (κ2) is 6.36. The van der Waals surface area contributed by atoms with Gasteiger partial charge in [0.25, 0.3) is 0 Å². The van der Waals surface area contributed by atoms with E-state index in [-0.39, 0.29) is 0 Å². The van der Waals surface area contributed by atoms with Gasteiger partial charge >= 0.3 is 0 Å². The number of hydrogen-bond donors (Lipinski definition) is 0. The Hall–Kier alpha value is -1.61. The quantitative estimate of drug-likeness (QED) is 0.775. The minimum absolute atomic E-state index is 0.446. The van der Waals surface area contributed by atoms with Crippen LogP contribution in [0.1, 0.15) is 11.4 Å². The molecule has 0 N–H and O–H groups in total. The van der Waals surface area contributed by atoms with E-state index in [1.807, 2.05) is 49.6 Å². The van der Waals surface area contributed by atoms with Crippen molar-refractivity contribution in [1.82, 2.24) is 9.97 Å². The van der Waals surface area contributed by atoms with Gasteiger partial charge < -0.3 is 4.90 Å². The van der Waals surface area contributed by atoms with Gasteiger partial charge in [0.05, 0.1) is 11.6 Å². The summed E-state index contributed by atoms with van der Waals surface area (Å²) in [7, 11) is 2.03. The van der Waals surface area contributed by atoms with Crippen LogP contribution in [0, 0.1) is 0 Å². The highest BCUT2D eigenvalue weighted by Gasteiger charge is 2.04. The predicted molar refractivity (Wildman–Crippen MR) is 75.0 cm³/mol. The molecule has 18 heavy (non-hydrogen) atoms. The van der Waals surface area contributed by atoms with E-state index < -0.39 is 0 Å². The smallest absolute Gasteiger partial charge is 0.128 e. The van der Waals surface area contributed by atoms with Crippen LogP contribution in [0.3, 0.4) is 0 Å². The summed E-state index contributed by atoms with van der Waals surface area (Å²) in [6.07, 6.45) is 2.73. The largest absolute Gasteiger partial charge is 0.359 e. The topological polar surface area (TPSA) is 29.0 Å². The normalized spacial score (nSPS) is 10.3. The molecule has 0 aromatic carbocycles. The number of hydrogen-bond acceptors (Lipinski definition) is 3. The van der Waals surface area contributed by atoms with Crippen molar-refractivity contribution < 1.29 is 0 Å². The van der Waals surface area contributed by atoms with E-state index in [1.165, 1.54) is 0 Å². The van der Waals surface area contributed by atoms with Gasteiger partial charge in [0.2, 0.25) is 0 Å². The average Bonchev–Trinajstić information content (AvgIpc) is 2.46. The van der Waals surface area contributed by atoms with Crippen LogP contribution in [-0.2, 0) is 12.3 Å². The van der Waals surface area contributed by atoms with Gasteiger partial charge in [-0.1, -0.05) is 12.1 Å². The molecule has 2 heterocycles. The maximum Gasteiger partial charge on any atom is 0.128 e. The van der Waals surface area contributed by atoms with Gasteiger partial charge in [-0.15, -0.1) is 11.6 Å². The molecule has 0 fully saturated rings. The van der Waals surface area contributed by atoms with E-state index >= 15 is 0 Å². The molecule has 0 radical (unpaired) electrons. The van der Waals surface area contributed by atoms with Crippen molar-refractivity contribution in [3.63, 3.8) is 0 Å². The Morgan fingerprint density at radius 2 is 1.94 bits per heavy atom. The molecule has 94 valence electrons. The Kier molecular flexibility index (Phi) is 4.53. The molecule has 0 saturated heterocycles. The molecule has 0 aliphatic carbocycles. The molecule has 0 unspecified atom stereocenters. The Bertz CT molecular complexity index is 487. The van der Waals surface area contributed by atoms with Crippen molar-refractivity contribution in [2.45, 2.75) is 12.3 Å². The Balaban J connectivity index is 1.97. The van der Waals surface area contributed by atoms with Crippen LogP contribution < -0.4 is 4.90 Å². The van der Waals surface area contributed by atoms with Gasteiger partial charge in [-0.25, -0.2) is 4.98 Å². The molecule has 2 aromatic rings. The Morgan fingerprint density at radius 3 is 2.67 bits per heavy atom. The Labute approximate surface area is 112 Å². The van der Waals surface area contributed by atoms with Gasteiger partial charge in [0, 0.05) is 31.9 Å². The van der Waals surface area contributed by atoms with Crippen LogP contribution in [0.25, 0.3) is 0 Å². The molecule has 2 rings (SSSR count). The highest BCUT2D eigenvalue weighted by molar-refractivity contribution is 6.16. The summed E-state index contributed by atoms with van der Waals surface area (Å²) in [5, 5.41) is 0. The summed E-state index contributed by atoms with van der Waals surface area (Å²) in [5.74, 6) is 1.39. The van der Waals surface area contributed by atoms with Crippen LogP contribution >= 0.6 is 11.6 Å². The van der Waals surface area contributed by atoms with Crippen molar-refractivity contribution in [1.29, 1.82) is 0 Å². The molecule has 0 atom stereocenters. The summed E-state index contributed by atoms with van der Waals surface area (Å²) < 4.78 is 0. The first-order valence-corrected chi connectivity index (χ1v) is 6.46. The van der Waals surface area contributed by atoms with E-state index in [1.54, 1.807) is 0 Å². The highest BCUT2D eigenvalue weighted by atomic mass is 35.5. The lowest BCUT2D eigenvalue weighted by Crippen LogP contribution is -2.21. The molecule has 2 aromatic heterocycles. The lowest BCUT2D eigenvalue weighted by molar-refractivity contribution is 0.836. The minimum atomic E-state index is 0.446. The van der Waals surface area contributed by atoms with E-state index in [2.05, 4.69) is 14.9 Å². The molecule has 0 bridgehead atoms. The molecule has 0 aliphatic rings. The number of likely N-dealkylation sites (N-methyl/N-ethyl adjacent to an activating group) is 1. The van der Waals surface area contributed by atoms with E-state index in [4.69, 9.17) is 11.6 Å². The lowest BCUT2D eigenvalue weighted by atomic mass is 10.2. The van der Waals surface area contributed by atoms with Gasteiger partial charge in [-0.3, -0.25) is 4.98 Å². The number of aromatic nitrogens is 2. The molecule has 0 spiro atoms. The summed E-state index contributed by atoms with van der Waals surface area (Å²) in [6.45, 7) is 0.885. The molecular weight excluding hydrogens is 246 g/mol. The van der Waals surface area contributed by atoms with Gasteiger partial charge in [-0.05, 0) is 24.3 Å². The standard InChI is InChI=1S/C14H16ClN3/c1-18(10-8-12-5-2-3-9-16-12)14-7-4-6-13(11-15)17-14/h2-7,9H,8,10-11H2,1H3. The van der Waals surface area contributed by atoms with Crippen LogP contribution in [0.5, 0.6) is 0 Å². The number of rotatable bonds is 5. The minimum Gasteiger partial charge on any atom is -0.359 e. The molecular formula is C14H16ClN3. The van der Waals surface area contributed by atoms with Gasteiger partial charge in [-0.2, -0.15) is 0 Å². The summed E-state index contributed by atoms with van der Waals surface area (Å²) in [4.78, 5) is 10.9. The molecule has 4 heteroatoms. The number of alkyl halides is 1. The van der Waals surface area contributed by atoms with Gasteiger partial charge in [0.15, 0.2) is 0 Å². The average molecular weight is 262 g/mol. The van der Waals surface area contributed by atoms with Crippen molar-refractivity contribution in [2.75, 3.05) is 18.5 Å². The van der Waals surface area contributed by atoms with Crippen molar-refractivity contribution in [3.05, 3.63) is 54.0 Å². The molecule has 0 aliphatic heterocycles. The summed E-state index contributed by atoms with van der Waals surface area (Å²) >= 11 is 5.79. The molecule has 0 saturated carbocycles. The first-order chi connectivity index (χ1) is 8.79. The van der Waals surface area contributed by atoms with E-state index in [0.29, 0.717) is 5.88 Å². The summed E-state index contributed by atoms with van der Waals surface area (Å²) in [6, 6.07) is 11.9. The predicted octanol–water partition coefficient (Wildman–Crippen LogP) is 2.89. The molecule has 3 nitrogen and oxygen atoms in total. The fraction of sp³-hybridized carbons (Fsp3) is 0.286. The zero-order valence-electron chi connectivity index (χ0n) is 10.4. The number of anilines is 1. The SMILES string of the molecule is CN(CCc1ccccn1)c1cccc(CCl)n1. The van der Waals surface area contributed by atoms with Crippen LogP contribution in [0.2, 0.25) is 0 Å². The third-order valence-corrected chi connectivity index (χ3v) is 3.02. The zero-order valence-corrected chi connectivity index (χ0v) is 11.1. The second-order valence-corrected chi connectivity index (χ2v) is 4.38. The third-order valence-electron chi connectivity index (χ3n) is 2.75. The molecule has 0 amide bonds. The van der Waals surface area contributed by atoms with Crippen molar-refractivity contribution >= 4 is 17.4 Å². The van der Waals surface area contributed by atoms with Crippen molar-refractivity contribution in [2.24, 2.45) is 0 Å². The number of halogens is 1. The maximum atomic E-state index is 5.79.